The molecule has 1 fully saturated rings. The largest absolute Gasteiger partial charge is 0.337 e. The second kappa shape index (κ2) is 7.60. The summed E-state index contributed by atoms with van der Waals surface area (Å²) in [6.45, 7) is 9.20. The van der Waals surface area contributed by atoms with Gasteiger partial charge in [0.05, 0.1) is 0 Å². The van der Waals surface area contributed by atoms with E-state index in [-0.39, 0.29) is 5.91 Å². The van der Waals surface area contributed by atoms with Gasteiger partial charge in [-0.15, -0.1) is 0 Å². The first-order chi connectivity index (χ1) is 10.1. The fraction of sp³-hybridized carbons (Fsp3) is 0.611. The molecule has 2 rings (SSSR count). The van der Waals surface area contributed by atoms with E-state index in [9.17, 15) is 4.79 Å². The number of rotatable bonds is 6. The quantitative estimate of drug-likeness (QED) is 0.872. The zero-order chi connectivity index (χ0) is 15.2. The number of benzene rings is 1. The molecule has 3 nitrogen and oxygen atoms in total. The summed E-state index contributed by atoms with van der Waals surface area (Å²) in [5.74, 6) is 0.680. The number of hydrogen-bond donors (Lipinski definition) is 1. The molecule has 1 saturated heterocycles. The van der Waals surface area contributed by atoms with Crippen LogP contribution in [-0.2, 0) is 6.42 Å². The van der Waals surface area contributed by atoms with Gasteiger partial charge in [-0.1, -0.05) is 39.0 Å². The molecular weight excluding hydrogens is 260 g/mol. The summed E-state index contributed by atoms with van der Waals surface area (Å²) in [5.41, 5.74) is 2.02. The van der Waals surface area contributed by atoms with Crippen LogP contribution in [0.4, 0.5) is 0 Å². The highest BCUT2D eigenvalue weighted by atomic mass is 16.2. The first-order valence-electron chi connectivity index (χ1n) is 8.22. The van der Waals surface area contributed by atoms with Crippen molar-refractivity contribution in [3.8, 4) is 0 Å². The highest BCUT2D eigenvalue weighted by molar-refractivity contribution is 5.95. The Hall–Kier alpha value is -1.35. The fourth-order valence-corrected chi connectivity index (χ4v) is 3.07. The van der Waals surface area contributed by atoms with Crippen LogP contribution in [0.5, 0.6) is 0 Å². The number of hydrogen-bond acceptors (Lipinski definition) is 2. The lowest BCUT2D eigenvalue weighted by Crippen LogP contribution is -2.43. The van der Waals surface area contributed by atoms with E-state index in [4.69, 9.17) is 0 Å². The van der Waals surface area contributed by atoms with Gasteiger partial charge in [-0.2, -0.15) is 0 Å². The predicted molar refractivity (Wildman–Crippen MR) is 87.6 cm³/mol. The normalized spacial score (nSPS) is 18.2. The summed E-state index contributed by atoms with van der Waals surface area (Å²) in [5, 5.41) is 3.50. The molecule has 1 aliphatic rings. The van der Waals surface area contributed by atoms with Crippen molar-refractivity contribution in [2.24, 2.45) is 5.92 Å². The minimum atomic E-state index is 0.190. The minimum absolute atomic E-state index is 0.190. The van der Waals surface area contributed by atoms with E-state index in [1.807, 2.05) is 23.1 Å². The summed E-state index contributed by atoms with van der Waals surface area (Å²) in [6.07, 6.45) is 3.30. The van der Waals surface area contributed by atoms with Crippen LogP contribution in [0.2, 0.25) is 0 Å². The maximum absolute atomic E-state index is 12.9. The Balaban J connectivity index is 2.16. The van der Waals surface area contributed by atoms with E-state index in [1.54, 1.807) is 0 Å². The van der Waals surface area contributed by atoms with Gasteiger partial charge in [0, 0.05) is 24.7 Å². The standard InChI is InChI=1S/C18H28N2O/c1-4-15-8-5-6-10-17(15)18(21)20(12-14(2)3)13-16-9-7-11-19-16/h5-6,8,10,14,16,19H,4,7,9,11-13H2,1-3H3. The Bertz CT molecular complexity index is 464. The topological polar surface area (TPSA) is 32.3 Å². The van der Waals surface area contributed by atoms with Crippen LogP contribution in [0.3, 0.4) is 0 Å². The Morgan fingerprint density at radius 1 is 1.38 bits per heavy atom. The third-order valence-corrected chi connectivity index (χ3v) is 4.10. The first-order valence-corrected chi connectivity index (χ1v) is 8.22. The monoisotopic (exact) mass is 288 g/mol. The van der Waals surface area contributed by atoms with Crippen LogP contribution < -0.4 is 5.32 Å². The van der Waals surface area contributed by atoms with Gasteiger partial charge in [-0.05, 0) is 43.4 Å². The van der Waals surface area contributed by atoms with Gasteiger partial charge in [0.1, 0.15) is 0 Å². The molecule has 0 saturated carbocycles. The molecule has 0 aliphatic carbocycles. The number of nitrogens with one attached hydrogen (secondary N) is 1. The molecule has 116 valence electrons. The van der Waals surface area contributed by atoms with Crippen molar-refractivity contribution in [1.29, 1.82) is 0 Å². The Morgan fingerprint density at radius 3 is 2.76 bits per heavy atom. The molecule has 21 heavy (non-hydrogen) atoms. The molecule has 1 unspecified atom stereocenters. The van der Waals surface area contributed by atoms with Gasteiger partial charge in [0.2, 0.25) is 0 Å². The zero-order valence-electron chi connectivity index (χ0n) is 13.6. The Labute approximate surface area is 128 Å². The number of aryl methyl sites for hydroxylation is 1. The summed E-state index contributed by atoms with van der Waals surface area (Å²) in [6, 6.07) is 8.47. The zero-order valence-corrected chi connectivity index (χ0v) is 13.6. The van der Waals surface area contributed by atoms with Crippen molar-refractivity contribution in [2.45, 2.75) is 46.1 Å². The molecule has 1 heterocycles. The van der Waals surface area contributed by atoms with E-state index in [0.717, 1.165) is 37.2 Å². The van der Waals surface area contributed by atoms with Crippen molar-refractivity contribution in [1.82, 2.24) is 10.2 Å². The molecular formula is C18H28N2O. The lowest BCUT2D eigenvalue weighted by atomic mass is 10.0. The Morgan fingerprint density at radius 2 is 2.14 bits per heavy atom. The van der Waals surface area contributed by atoms with Gasteiger partial charge in [-0.3, -0.25) is 4.79 Å². The molecule has 1 amide bonds. The molecule has 0 bridgehead atoms. The minimum Gasteiger partial charge on any atom is -0.337 e. The fourth-order valence-electron chi connectivity index (χ4n) is 3.07. The average molecular weight is 288 g/mol. The third kappa shape index (κ3) is 4.31. The Kier molecular flexibility index (Phi) is 5.80. The van der Waals surface area contributed by atoms with Crippen molar-refractivity contribution in [2.75, 3.05) is 19.6 Å². The maximum Gasteiger partial charge on any atom is 0.254 e. The van der Waals surface area contributed by atoms with Gasteiger partial charge in [0.25, 0.3) is 5.91 Å². The van der Waals surface area contributed by atoms with Crippen molar-refractivity contribution in [3.63, 3.8) is 0 Å². The van der Waals surface area contributed by atoms with Crippen LogP contribution >= 0.6 is 0 Å². The SMILES string of the molecule is CCc1ccccc1C(=O)N(CC(C)C)CC1CCCN1. The molecule has 1 N–H and O–H groups in total. The van der Waals surface area contributed by atoms with Crippen molar-refractivity contribution < 1.29 is 4.79 Å². The molecule has 1 aliphatic heterocycles. The van der Waals surface area contributed by atoms with E-state index in [2.05, 4.69) is 32.2 Å². The van der Waals surface area contributed by atoms with E-state index in [0.29, 0.717) is 12.0 Å². The third-order valence-electron chi connectivity index (χ3n) is 4.10. The van der Waals surface area contributed by atoms with Crippen molar-refractivity contribution in [3.05, 3.63) is 35.4 Å². The van der Waals surface area contributed by atoms with Gasteiger partial charge >= 0.3 is 0 Å². The second-order valence-electron chi connectivity index (χ2n) is 6.41. The smallest absolute Gasteiger partial charge is 0.254 e. The number of carbonyl (C=O) groups excluding carboxylic acids is 1. The summed E-state index contributed by atoms with van der Waals surface area (Å²) >= 11 is 0. The van der Waals surface area contributed by atoms with Gasteiger partial charge in [-0.25, -0.2) is 0 Å². The van der Waals surface area contributed by atoms with E-state index >= 15 is 0 Å². The molecule has 1 atom stereocenters. The molecule has 3 heteroatoms. The molecule has 0 aromatic heterocycles. The average Bonchev–Trinajstić information content (AvgIpc) is 2.98. The summed E-state index contributed by atoms with van der Waals surface area (Å²) in [4.78, 5) is 15.0. The lowest BCUT2D eigenvalue weighted by molar-refractivity contribution is 0.0720. The molecule has 1 aromatic carbocycles. The predicted octanol–water partition coefficient (Wildman–Crippen LogP) is 3.10. The first kappa shape index (κ1) is 16.0. The highest BCUT2D eigenvalue weighted by Crippen LogP contribution is 2.16. The molecule has 0 radical (unpaired) electrons. The van der Waals surface area contributed by atoms with Crippen molar-refractivity contribution >= 4 is 5.91 Å². The number of carbonyl (C=O) groups is 1. The van der Waals surface area contributed by atoms with Crippen LogP contribution in [0, 0.1) is 5.92 Å². The maximum atomic E-state index is 12.9. The van der Waals surface area contributed by atoms with Crippen LogP contribution in [0.1, 0.15) is 49.5 Å². The van der Waals surface area contributed by atoms with Gasteiger partial charge in [0.15, 0.2) is 0 Å². The van der Waals surface area contributed by atoms with E-state index < -0.39 is 0 Å². The lowest BCUT2D eigenvalue weighted by Gasteiger charge is -2.28. The van der Waals surface area contributed by atoms with Crippen LogP contribution in [0.25, 0.3) is 0 Å². The van der Waals surface area contributed by atoms with E-state index in [1.165, 1.54) is 12.8 Å². The molecule has 1 aromatic rings. The number of amides is 1. The van der Waals surface area contributed by atoms with Gasteiger partial charge < -0.3 is 10.2 Å². The van der Waals surface area contributed by atoms with Crippen LogP contribution in [0.15, 0.2) is 24.3 Å². The van der Waals surface area contributed by atoms with Crippen LogP contribution in [-0.4, -0.2) is 36.5 Å². The highest BCUT2D eigenvalue weighted by Gasteiger charge is 2.24. The molecule has 0 spiro atoms. The number of nitrogens with zero attached hydrogens (tertiary/aromatic N) is 1. The summed E-state index contributed by atoms with van der Waals surface area (Å²) < 4.78 is 0. The second-order valence-corrected chi connectivity index (χ2v) is 6.41. The summed E-state index contributed by atoms with van der Waals surface area (Å²) in [7, 11) is 0.